The van der Waals surface area contributed by atoms with Crippen molar-refractivity contribution in [2.75, 3.05) is 7.11 Å². The molecule has 1 fully saturated rings. The molecule has 1 aliphatic heterocycles. The van der Waals surface area contributed by atoms with E-state index in [9.17, 15) is 9.59 Å². The highest BCUT2D eigenvalue weighted by Crippen LogP contribution is 2.38. The fraction of sp³-hybridized carbons (Fsp3) is 0.125. The number of aromatic nitrogens is 1. The maximum atomic E-state index is 12.9. The van der Waals surface area contributed by atoms with Crippen molar-refractivity contribution in [2.24, 2.45) is 0 Å². The zero-order chi connectivity index (χ0) is 23.4. The Kier molecular flexibility index (Phi) is 7.56. The lowest BCUT2D eigenvalue weighted by Crippen LogP contribution is -2.27. The predicted molar refractivity (Wildman–Crippen MR) is 137 cm³/mol. The van der Waals surface area contributed by atoms with Crippen molar-refractivity contribution in [3.8, 4) is 11.5 Å². The van der Waals surface area contributed by atoms with Gasteiger partial charge < -0.3 is 9.47 Å². The van der Waals surface area contributed by atoms with E-state index in [1.807, 2.05) is 30.3 Å². The van der Waals surface area contributed by atoms with Crippen LogP contribution < -0.4 is 9.47 Å². The fourth-order valence-corrected chi connectivity index (χ4v) is 5.03. The van der Waals surface area contributed by atoms with E-state index >= 15 is 0 Å². The molecule has 0 radical (unpaired) electrons. The largest absolute Gasteiger partial charge is 0.493 e. The maximum Gasteiger partial charge on any atom is 0.293 e. The first-order valence-corrected chi connectivity index (χ1v) is 12.1. The van der Waals surface area contributed by atoms with Crippen LogP contribution in [0.4, 0.5) is 4.79 Å². The van der Waals surface area contributed by atoms with Gasteiger partial charge in [-0.05, 0) is 88.0 Å². The van der Waals surface area contributed by atoms with E-state index in [1.54, 1.807) is 43.6 Å². The molecule has 0 N–H and O–H groups in total. The Morgan fingerprint density at radius 2 is 2.00 bits per heavy atom. The number of amides is 2. The molecule has 0 saturated carbocycles. The third-order valence-corrected chi connectivity index (χ3v) is 6.69. The van der Waals surface area contributed by atoms with Crippen LogP contribution in [0, 0.1) is 3.57 Å². The van der Waals surface area contributed by atoms with Crippen molar-refractivity contribution in [1.82, 2.24) is 9.88 Å². The lowest BCUT2D eigenvalue weighted by Gasteiger charge is -2.14. The van der Waals surface area contributed by atoms with Crippen LogP contribution in [0.2, 0.25) is 5.02 Å². The summed E-state index contributed by atoms with van der Waals surface area (Å²) in [6.07, 6.45) is 3.40. The molecule has 168 valence electrons. The third kappa shape index (κ3) is 5.69. The lowest BCUT2D eigenvalue weighted by molar-refractivity contribution is -0.123. The van der Waals surface area contributed by atoms with Gasteiger partial charge in [-0.25, -0.2) is 0 Å². The van der Waals surface area contributed by atoms with Crippen LogP contribution in [0.25, 0.3) is 6.08 Å². The Morgan fingerprint density at radius 3 is 2.73 bits per heavy atom. The molecule has 1 aromatic heterocycles. The second-order valence-electron chi connectivity index (χ2n) is 7.04. The molecule has 2 amide bonds. The Balaban J connectivity index is 1.54. The summed E-state index contributed by atoms with van der Waals surface area (Å²) in [5.74, 6) is 0.784. The molecule has 6 nitrogen and oxygen atoms in total. The van der Waals surface area contributed by atoms with E-state index in [2.05, 4.69) is 27.6 Å². The highest BCUT2D eigenvalue weighted by Gasteiger charge is 2.35. The summed E-state index contributed by atoms with van der Waals surface area (Å²) >= 11 is 9.09. The zero-order valence-corrected chi connectivity index (χ0v) is 21.2. The molecule has 0 spiro atoms. The number of halogens is 2. The van der Waals surface area contributed by atoms with Gasteiger partial charge in [0.05, 0.1) is 27.8 Å². The van der Waals surface area contributed by atoms with Crippen molar-refractivity contribution in [3.05, 3.63) is 91.1 Å². The van der Waals surface area contributed by atoms with E-state index in [-0.39, 0.29) is 17.7 Å². The van der Waals surface area contributed by atoms with E-state index in [0.29, 0.717) is 28.0 Å². The molecular formula is C24H18ClIN2O4S. The van der Waals surface area contributed by atoms with E-state index in [4.69, 9.17) is 21.1 Å². The molecule has 9 heteroatoms. The van der Waals surface area contributed by atoms with Crippen LogP contribution in [0.1, 0.15) is 16.8 Å². The van der Waals surface area contributed by atoms with Crippen molar-refractivity contribution in [1.29, 1.82) is 0 Å². The summed E-state index contributed by atoms with van der Waals surface area (Å²) < 4.78 is 12.3. The van der Waals surface area contributed by atoms with Crippen molar-refractivity contribution < 1.29 is 19.1 Å². The van der Waals surface area contributed by atoms with Gasteiger partial charge in [-0.15, -0.1) is 0 Å². The predicted octanol–water partition coefficient (Wildman–Crippen LogP) is 6.16. The Labute approximate surface area is 214 Å². The average molecular weight is 593 g/mol. The van der Waals surface area contributed by atoms with Crippen LogP contribution in [-0.2, 0) is 17.9 Å². The Hall–Kier alpha value is -2.56. The standard InChI is InChI=1S/C24H18ClIN2O4S/c1-31-20-11-16(10-19(26)22(20)32-14-18-7-2-3-8-27-18)12-21-23(29)28(24(30)33-21)13-15-5-4-6-17(25)9-15/h2-12H,13-14H2,1H3/b21-12-. The highest BCUT2D eigenvalue weighted by atomic mass is 127. The maximum absolute atomic E-state index is 12.9. The molecule has 0 atom stereocenters. The molecule has 0 bridgehead atoms. The highest BCUT2D eigenvalue weighted by molar-refractivity contribution is 14.1. The van der Waals surface area contributed by atoms with Crippen molar-refractivity contribution in [2.45, 2.75) is 13.2 Å². The monoisotopic (exact) mass is 592 g/mol. The number of methoxy groups -OCH3 is 1. The second-order valence-corrected chi connectivity index (χ2v) is 9.63. The van der Waals surface area contributed by atoms with Gasteiger partial charge in [0.1, 0.15) is 6.61 Å². The minimum atomic E-state index is -0.338. The molecule has 1 saturated heterocycles. The average Bonchev–Trinajstić information content (AvgIpc) is 3.06. The third-order valence-electron chi connectivity index (χ3n) is 4.74. The first-order chi connectivity index (χ1) is 15.9. The van der Waals surface area contributed by atoms with E-state index in [1.165, 1.54) is 4.90 Å². The molecule has 0 unspecified atom stereocenters. The minimum absolute atomic E-state index is 0.170. The van der Waals surface area contributed by atoms with Gasteiger partial charge in [0, 0.05) is 11.2 Å². The molecule has 2 aromatic carbocycles. The van der Waals surface area contributed by atoms with Crippen LogP contribution in [0.3, 0.4) is 0 Å². The summed E-state index contributed by atoms with van der Waals surface area (Å²) in [4.78, 5) is 31.2. The number of thioether (sulfide) groups is 1. The number of imide groups is 1. The topological polar surface area (TPSA) is 68.7 Å². The summed E-state index contributed by atoms with van der Waals surface area (Å²) in [6.45, 7) is 0.471. The van der Waals surface area contributed by atoms with Gasteiger partial charge in [-0.2, -0.15) is 0 Å². The first kappa shape index (κ1) is 23.6. The Morgan fingerprint density at radius 1 is 1.15 bits per heavy atom. The van der Waals surface area contributed by atoms with E-state index < -0.39 is 0 Å². The summed E-state index contributed by atoms with van der Waals surface area (Å²) in [5, 5.41) is 0.241. The number of carbonyl (C=O) groups excluding carboxylic acids is 2. The first-order valence-electron chi connectivity index (χ1n) is 9.84. The molecule has 0 aliphatic carbocycles. The smallest absolute Gasteiger partial charge is 0.293 e. The van der Waals surface area contributed by atoms with Crippen LogP contribution >= 0.6 is 46.0 Å². The minimum Gasteiger partial charge on any atom is -0.493 e. The molecule has 2 heterocycles. The van der Waals surface area contributed by atoms with Gasteiger partial charge in [0.2, 0.25) is 0 Å². The van der Waals surface area contributed by atoms with Gasteiger partial charge in [0.15, 0.2) is 11.5 Å². The SMILES string of the molecule is COc1cc(/C=C2\SC(=O)N(Cc3cccc(Cl)c3)C2=O)cc(I)c1OCc1ccccn1. The molecule has 3 aromatic rings. The number of ether oxygens (including phenoxy) is 2. The number of hydrogen-bond donors (Lipinski definition) is 0. The number of hydrogen-bond acceptors (Lipinski definition) is 6. The molecular weight excluding hydrogens is 575 g/mol. The van der Waals surface area contributed by atoms with E-state index in [0.717, 1.165) is 32.2 Å². The van der Waals surface area contributed by atoms with Gasteiger partial charge in [-0.1, -0.05) is 29.8 Å². The number of rotatable bonds is 7. The van der Waals surface area contributed by atoms with Crippen molar-refractivity contribution >= 4 is 63.2 Å². The van der Waals surface area contributed by atoms with Crippen LogP contribution in [0.15, 0.2) is 65.7 Å². The van der Waals surface area contributed by atoms with Gasteiger partial charge in [-0.3, -0.25) is 19.5 Å². The second kappa shape index (κ2) is 10.6. The van der Waals surface area contributed by atoms with Crippen LogP contribution in [-0.4, -0.2) is 28.1 Å². The Bertz CT molecular complexity index is 1240. The zero-order valence-electron chi connectivity index (χ0n) is 17.5. The summed E-state index contributed by atoms with van der Waals surface area (Å²) in [5.41, 5.74) is 2.32. The lowest BCUT2D eigenvalue weighted by atomic mass is 10.1. The van der Waals surface area contributed by atoms with Gasteiger partial charge in [0.25, 0.3) is 11.1 Å². The van der Waals surface area contributed by atoms with Crippen LogP contribution in [0.5, 0.6) is 11.5 Å². The number of pyridine rings is 1. The van der Waals surface area contributed by atoms with Gasteiger partial charge >= 0.3 is 0 Å². The summed E-state index contributed by atoms with van der Waals surface area (Å²) in [6, 6.07) is 16.4. The quantitative estimate of drug-likeness (QED) is 0.242. The molecule has 1 aliphatic rings. The number of nitrogens with zero attached hydrogens (tertiary/aromatic N) is 2. The molecule has 33 heavy (non-hydrogen) atoms. The summed E-state index contributed by atoms with van der Waals surface area (Å²) in [7, 11) is 1.56. The normalized spacial score (nSPS) is 14.8. The number of carbonyl (C=O) groups is 2. The number of benzene rings is 2. The molecule has 4 rings (SSSR count). The van der Waals surface area contributed by atoms with Crippen molar-refractivity contribution in [3.63, 3.8) is 0 Å². The fourth-order valence-electron chi connectivity index (χ4n) is 3.20.